The number of carbonyl (C=O) groups excluding carboxylic acids is 1. The van der Waals surface area contributed by atoms with Crippen molar-refractivity contribution in [1.29, 1.82) is 0 Å². The lowest BCUT2D eigenvalue weighted by Gasteiger charge is -2.35. The summed E-state index contributed by atoms with van der Waals surface area (Å²) in [6.07, 6.45) is 1.81. The first-order valence-corrected chi connectivity index (χ1v) is 10.8. The molecule has 6 nitrogen and oxygen atoms in total. The van der Waals surface area contributed by atoms with E-state index >= 15 is 0 Å². The van der Waals surface area contributed by atoms with Gasteiger partial charge in [-0.3, -0.25) is 9.69 Å². The normalized spacial score (nSPS) is 18.4. The summed E-state index contributed by atoms with van der Waals surface area (Å²) in [4.78, 5) is 21.8. The van der Waals surface area contributed by atoms with Crippen LogP contribution in [0.25, 0.3) is 6.08 Å². The van der Waals surface area contributed by atoms with Gasteiger partial charge in [-0.2, -0.15) is 4.99 Å². The van der Waals surface area contributed by atoms with Gasteiger partial charge in [0.15, 0.2) is 5.17 Å². The number of thioether (sulfide) groups is 1. The van der Waals surface area contributed by atoms with Crippen LogP contribution in [0, 0.1) is 5.82 Å². The molecular weight excluding hydrogens is 417 g/mol. The molecule has 2 aliphatic heterocycles. The molecule has 1 amide bonds. The van der Waals surface area contributed by atoms with Crippen LogP contribution in [-0.4, -0.2) is 61.3 Å². The number of methoxy groups -OCH3 is 2. The van der Waals surface area contributed by atoms with Crippen molar-refractivity contribution >= 4 is 28.9 Å². The summed E-state index contributed by atoms with van der Waals surface area (Å²) in [5.74, 6) is 0.889. The Morgan fingerprint density at radius 3 is 2.48 bits per heavy atom. The number of halogens is 1. The van der Waals surface area contributed by atoms with Crippen LogP contribution in [-0.2, 0) is 11.3 Å². The summed E-state index contributed by atoms with van der Waals surface area (Å²) < 4.78 is 23.7. The van der Waals surface area contributed by atoms with Gasteiger partial charge < -0.3 is 14.4 Å². The Morgan fingerprint density at radius 1 is 1.06 bits per heavy atom. The van der Waals surface area contributed by atoms with Crippen LogP contribution >= 0.6 is 11.8 Å². The summed E-state index contributed by atoms with van der Waals surface area (Å²) in [7, 11) is 3.19. The Labute approximate surface area is 185 Å². The molecular formula is C23H24FN3O3S. The fourth-order valence-electron chi connectivity index (χ4n) is 3.56. The molecule has 0 aromatic heterocycles. The third-order valence-electron chi connectivity index (χ3n) is 5.30. The van der Waals surface area contributed by atoms with Gasteiger partial charge >= 0.3 is 0 Å². The summed E-state index contributed by atoms with van der Waals surface area (Å²) in [6.45, 7) is 4.08. The van der Waals surface area contributed by atoms with Gasteiger partial charge in [-0.05, 0) is 47.7 Å². The highest BCUT2D eigenvalue weighted by molar-refractivity contribution is 8.18. The van der Waals surface area contributed by atoms with Gasteiger partial charge in [0.25, 0.3) is 5.91 Å². The number of amidine groups is 1. The lowest BCUT2D eigenvalue weighted by molar-refractivity contribution is -0.113. The third kappa shape index (κ3) is 5.08. The van der Waals surface area contributed by atoms with E-state index in [4.69, 9.17) is 9.47 Å². The van der Waals surface area contributed by atoms with E-state index in [1.807, 2.05) is 30.3 Å². The van der Waals surface area contributed by atoms with E-state index in [-0.39, 0.29) is 11.7 Å². The number of hydrogen-bond donors (Lipinski definition) is 0. The van der Waals surface area contributed by atoms with Gasteiger partial charge in [-0.15, -0.1) is 0 Å². The molecule has 0 saturated carbocycles. The summed E-state index contributed by atoms with van der Waals surface area (Å²) in [6, 6.07) is 12.1. The van der Waals surface area contributed by atoms with Gasteiger partial charge in [-0.1, -0.05) is 12.1 Å². The number of carbonyl (C=O) groups is 1. The zero-order valence-corrected chi connectivity index (χ0v) is 18.3. The Balaban J connectivity index is 1.37. The minimum atomic E-state index is -0.230. The fourth-order valence-corrected chi connectivity index (χ4v) is 4.51. The molecule has 1 saturated heterocycles. The van der Waals surface area contributed by atoms with Gasteiger partial charge in [-0.25, -0.2) is 4.39 Å². The van der Waals surface area contributed by atoms with Gasteiger partial charge in [0.2, 0.25) is 0 Å². The standard InChI is InChI=1S/C23H24FN3O3S/c1-29-19-8-5-17(20(14-19)30-2)13-21-22(28)25-23(31-21)27-11-9-26(10-12-27)15-16-3-6-18(24)7-4-16/h3-8,13-14H,9-12,15H2,1-2H3/b21-13-. The van der Waals surface area contributed by atoms with Crippen LogP contribution in [0.2, 0.25) is 0 Å². The van der Waals surface area contributed by atoms with Crippen LogP contribution < -0.4 is 9.47 Å². The largest absolute Gasteiger partial charge is 0.497 e. The predicted molar refractivity (Wildman–Crippen MR) is 121 cm³/mol. The Morgan fingerprint density at radius 2 is 1.81 bits per heavy atom. The maximum absolute atomic E-state index is 13.1. The first kappa shape index (κ1) is 21.4. The number of ether oxygens (including phenoxy) is 2. The number of amides is 1. The van der Waals surface area contributed by atoms with Crippen molar-refractivity contribution in [1.82, 2.24) is 9.80 Å². The quantitative estimate of drug-likeness (QED) is 0.661. The molecule has 2 aromatic rings. The molecule has 31 heavy (non-hydrogen) atoms. The molecule has 2 aromatic carbocycles. The Kier molecular flexibility index (Phi) is 6.58. The van der Waals surface area contributed by atoms with Crippen LogP contribution in [0.15, 0.2) is 52.4 Å². The number of benzene rings is 2. The van der Waals surface area contributed by atoms with Crippen molar-refractivity contribution in [2.45, 2.75) is 6.54 Å². The second kappa shape index (κ2) is 9.53. The number of rotatable bonds is 5. The monoisotopic (exact) mass is 441 g/mol. The Hall–Kier alpha value is -2.84. The lowest BCUT2D eigenvalue weighted by atomic mass is 10.1. The first-order chi connectivity index (χ1) is 15.1. The smallest absolute Gasteiger partial charge is 0.286 e. The molecule has 0 N–H and O–H groups in total. The average molecular weight is 442 g/mol. The summed E-state index contributed by atoms with van der Waals surface area (Å²) in [5, 5.41) is 0.741. The van der Waals surface area contributed by atoms with Crippen molar-refractivity contribution in [2.24, 2.45) is 4.99 Å². The van der Waals surface area contributed by atoms with E-state index < -0.39 is 0 Å². The summed E-state index contributed by atoms with van der Waals surface area (Å²) in [5.41, 5.74) is 1.90. The van der Waals surface area contributed by atoms with Crippen molar-refractivity contribution < 1.29 is 18.7 Å². The van der Waals surface area contributed by atoms with Crippen LogP contribution in [0.5, 0.6) is 11.5 Å². The Bertz CT molecular complexity index is 1020. The van der Waals surface area contributed by atoms with Crippen molar-refractivity contribution in [3.63, 3.8) is 0 Å². The predicted octanol–water partition coefficient (Wildman–Crippen LogP) is 3.63. The molecule has 2 aliphatic rings. The molecule has 0 unspecified atom stereocenters. The van der Waals surface area contributed by atoms with Crippen molar-refractivity contribution in [3.05, 3.63) is 64.3 Å². The van der Waals surface area contributed by atoms with E-state index in [9.17, 15) is 9.18 Å². The number of piperazine rings is 1. The van der Waals surface area contributed by atoms with E-state index in [0.29, 0.717) is 16.4 Å². The van der Waals surface area contributed by atoms with Gasteiger partial charge in [0, 0.05) is 44.4 Å². The maximum atomic E-state index is 13.1. The highest BCUT2D eigenvalue weighted by Gasteiger charge is 2.28. The molecule has 2 heterocycles. The van der Waals surface area contributed by atoms with Crippen LogP contribution in [0.1, 0.15) is 11.1 Å². The molecule has 0 radical (unpaired) electrons. The number of nitrogens with zero attached hydrogens (tertiary/aromatic N) is 3. The molecule has 4 rings (SSSR count). The highest BCUT2D eigenvalue weighted by Crippen LogP contribution is 2.34. The topological polar surface area (TPSA) is 54.4 Å². The molecule has 8 heteroatoms. The third-order valence-corrected chi connectivity index (χ3v) is 6.34. The average Bonchev–Trinajstić information content (AvgIpc) is 3.16. The van der Waals surface area contributed by atoms with Crippen molar-refractivity contribution in [2.75, 3.05) is 40.4 Å². The number of hydrogen-bond acceptors (Lipinski definition) is 6. The van der Waals surface area contributed by atoms with E-state index in [1.165, 1.54) is 23.9 Å². The van der Waals surface area contributed by atoms with E-state index in [1.54, 1.807) is 20.3 Å². The van der Waals surface area contributed by atoms with E-state index in [0.717, 1.165) is 49.0 Å². The summed E-state index contributed by atoms with van der Waals surface area (Å²) >= 11 is 1.40. The van der Waals surface area contributed by atoms with E-state index in [2.05, 4.69) is 14.8 Å². The second-order valence-corrected chi connectivity index (χ2v) is 8.32. The fraction of sp³-hybridized carbons (Fsp3) is 0.304. The molecule has 1 fully saturated rings. The molecule has 0 atom stereocenters. The molecule has 0 spiro atoms. The molecule has 162 valence electrons. The number of aliphatic imine (C=N–C) groups is 1. The second-order valence-electron chi connectivity index (χ2n) is 7.31. The first-order valence-electron chi connectivity index (χ1n) is 10.0. The minimum absolute atomic E-state index is 0.217. The SMILES string of the molecule is COc1ccc(/C=C2\SC(N3CCN(Cc4ccc(F)cc4)CC3)=NC2=O)c(OC)c1. The zero-order valence-electron chi connectivity index (χ0n) is 17.5. The molecule has 0 aliphatic carbocycles. The van der Waals surface area contributed by atoms with Gasteiger partial charge in [0.05, 0.1) is 19.1 Å². The van der Waals surface area contributed by atoms with Crippen molar-refractivity contribution in [3.8, 4) is 11.5 Å². The van der Waals surface area contributed by atoms with Gasteiger partial charge in [0.1, 0.15) is 17.3 Å². The molecule has 0 bridgehead atoms. The van der Waals surface area contributed by atoms with Crippen LogP contribution in [0.3, 0.4) is 0 Å². The maximum Gasteiger partial charge on any atom is 0.286 e. The zero-order chi connectivity index (χ0) is 21.8. The van der Waals surface area contributed by atoms with Crippen LogP contribution in [0.4, 0.5) is 4.39 Å². The lowest BCUT2D eigenvalue weighted by Crippen LogP contribution is -2.47. The highest BCUT2D eigenvalue weighted by atomic mass is 32.2. The minimum Gasteiger partial charge on any atom is -0.497 e.